The quantitative estimate of drug-likeness (QED) is 0.440. The van der Waals surface area contributed by atoms with E-state index in [4.69, 9.17) is 4.42 Å². The second kappa shape index (κ2) is 6.63. The zero-order valence-corrected chi connectivity index (χ0v) is 14.2. The first-order chi connectivity index (χ1) is 12.0. The second-order valence-corrected chi connectivity index (χ2v) is 6.50. The average Bonchev–Trinajstić information content (AvgIpc) is 3.10. The van der Waals surface area contributed by atoms with Crippen molar-refractivity contribution in [2.24, 2.45) is 5.16 Å². The molecule has 25 heavy (non-hydrogen) atoms. The number of β-lactam (4-membered cyclic amide) rings is 1. The lowest BCUT2D eigenvalue weighted by atomic mass is 10.0. The standard InChI is InChI=1S/C15H15N3O6S/c1-7-6-25-14-10(13(20)18(14)11(7)15(21)22)16-12(19)9(17-23-2)8-4-3-5-24-8/h3-5,10,14H,6H2,1-2H3,(H,16,19)(H,21,22)/b17-9-/t10-,14-/m1/s1. The SMILES string of the molecule is CO/N=C(\C(=O)N[C@@H]1C(=O)N2C(C(=O)O)=C(C)CS[C@H]12)c1ccco1. The van der Waals surface area contributed by atoms with Gasteiger partial charge in [0.25, 0.3) is 11.8 Å². The fourth-order valence-corrected chi connectivity index (χ4v) is 3.98. The van der Waals surface area contributed by atoms with Crippen LogP contribution in [0.4, 0.5) is 0 Å². The molecule has 2 N–H and O–H groups in total. The molecule has 0 unspecified atom stereocenters. The maximum Gasteiger partial charge on any atom is 0.352 e. The number of furan rings is 1. The summed E-state index contributed by atoms with van der Waals surface area (Å²) in [5.74, 6) is -1.60. The molecule has 9 nitrogen and oxygen atoms in total. The van der Waals surface area contributed by atoms with Crippen LogP contribution < -0.4 is 5.32 Å². The van der Waals surface area contributed by atoms with Crippen LogP contribution in [0.25, 0.3) is 0 Å². The molecule has 10 heteroatoms. The maximum atomic E-state index is 12.4. The van der Waals surface area contributed by atoms with Crippen LogP contribution in [0.3, 0.4) is 0 Å². The minimum absolute atomic E-state index is 0.0175. The molecular formula is C15H15N3O6S. The minimum Gasteiger partial charge on any atom is -0.477 e. The van der Waals surface area contributed by atoms with Crippen LogP contribution in [0, 0.1) is 0 Å². The molecule has 2 atom stereocenters. The molecule has 132 valence electrons. The number of amides is 2. The fourth-order valence-electron chi connectivity index (χ4n) is 2.69. The molecule has 1 saturated heterocycles. The Kier molecular flexibility index (Phi) is 4.53. The van der Waals surface area contributed by atoms with E-state index in [9.17, 15) is 19.5 Å². The number of carboxylic acids is 1. The van der Waals surface area contributed by atoms with E-state index in [-0.39, 0.29) is 17.2 Å². The summed E-state index contributed by atoms with van der Waals surface area (Å²) in [6.45, 7) is 1.67. The highest BCUT2D eigenvalue weighted by Crippen LogP contribution is 2.40. The van der Waals surface area contributed by atoms with E-state index in [2.05, 4.69) is 15.3 Å². The normalized spacial score (nSPS) is 23.0. The van der Waals surface area contributed by atoms with Gasteiger partial charge in [-0.15, -0.1) is 11.8 Å². The van der Waals surface area contributed by atoms with E-state index in [1.165, 1.54) is 36.1 Å². The third-order valence-corrected chi connectivity index (χ3v) is 5.22. The molecule has 0 spiro atoms. The molecule has 3 rings (SSSR count). The van der Waals surface area contributed by atoms with Crippen molar-refractivity contribution < 1.29 is 28.7 Å². The lowest BCUT2D eigenvalue weighted by Gasteiger charge is -2.49. The second-order valence-electron chi connectivity index (χ2n) is 5.39. The number of carbonyl (C=O) groups is 3. The molecule has 1 fully saturated rings. The Bertz CT molecular complexity index is 785. The first kappa shape index (κ1) is 17.1. The Hall–Kier alpha value is -2.75. The van der Waals surface area contributed by atoms with Crippen LogP contribution in [0.2, 0.25) is 0 Å². The van der Waals surface area contributed by atoms with Gasteiger partial charge in [-0.1, -0.05) is 5.16 Å². The molecular weight excluding hydrogens is 350 g/mol. The molecule has 1 aromatic rings. The summed E-state index contributed by atoms with van der Waals surface area (Å²) in [5.41, 5.74) is 0.491. The summed E-state index contributed by atoms with van der Waals surface area (Å²) in [6, 6.07) is 2.29. The molecule has 2 aliphatic rings. The van der Waals surface area contributed by atoms with Crippen LogP contribution in [-0.2, 0) is 19.2 Å². The van der Waals surface area contributed by atoms with E-state index < -0.39 is 29.2 Å². The Labute approximate surface area is 146 Å². The first-order valence-electron chi connectivity index (χ1n) is 7.29. The third kappa shape index (κ3) is 2.88. The van der Waals surface area contributed by atoms with Crippen LogP contribution in [0.15, 0.2) is 39.2 Å². The van der Waals surface area contributed by atoms with E-state index in [1.54, 1.807) is 13.0 Å². The van der Waals surface area contributed by atoms with Gasteiger partial charge in [-0.05, 0) is 24.6 Å². The number of hydrogen-bond acceptors (Lipinski definition) is 7. The number of fused-ring (bicyclic) bond motifs is 1. The van der Waals surface area contributed by atoms with Gasteiger partial charge in [0.15, 0.2) is 5.76 Å². The van der Waals surface area contributed by atoms with Crippen molar-refractivity contribution >= 4 is 35.3 Å². The Morgan fingerprint density at radius 3 is 2.88 bits per heavy atom. The van der Waals surface area contributed by atoms with Gasteiger partial charge < -0.3 is 19.7 Å². The average molecular weight is 365 g/mol. The number of aliphatic carboxylic acids is 1. The summed E-state index contributed by atoms with van der Waals surface area (Å²) in [4.78, 5) is 42.1. The van der Waals surface area contributed by atoms with Gasteiger partial charge in [0.05, 0.1) is 6.26 Å². The smallest absolute Gasteiger partial charge is 0.352 e. The Balaban J connectivity index is 1.77. The molecule has 0 radical (unpaired) electrons. The van der Waals surface area contributed by atoms with Gasteiger partial charge in [-0.3, -0.25) is 14.5 Å². The summed E-state index contributed by atoms with van der Waals surface area (Å²) >= 11 is 1.39. The summed E-state index contributed by atoms with van der Waals surface area (Å²) in [7, 11) is 1.29. The van der Waals surface area contributed by atoms with E-state index >= 15 is 0 Å². The van der Waals surface area contributed by atoms with Gasteiger partial charge in [0.1, 0.15) is 24.2 Å². The number of rotatable bonds is 5. The molecule has 2 aliphatic heterocycles. The number of nitrogens with zero attached hydrogens (tertiary/aromatic N) is 2. The first-order valence-corrected chi connectivity index (χ1v) is 8.34. The van der Waals surface area contributed by atoms with Crippen molar-refractivity contribution in [3.63, 3.8) is 0 Å². The van der Waals surface area contributed by atoms with Crippen molar-refractivity contribution in [3.05, 3.63) is 35.4 Å². The Morgan fingerprint density at radius 1 is 1.52 bits per heavy atom. The van der Waals surface area contributed by atoms with Crippen molar-refractivity contribution in [1.29, 1.82) is 0 Å². The molecule has 0 bridgehead atoms. The zero-order valence-electron chi connectivity index (χ0n) is 13.4. The van der Waals surface area contributed by atoms with Crippen LogP contribution in [0.1, 0.15) is 12.7 Å². The highest BCUT2D eigenvalue weighted by atomic mass is 32.2. The minimum atomic E-state index is -1.15. The van der Waals surface area contributed by atoms with Crippen LogP contribution >= 0.6 is 11.8 Å². The predicted molar refractivity (Wildman–Crippen MR) is 87.6 cm³/mol. The highest BCUT2D eigenvalue weighted by molar-refractivity contribution is 8.00. The summed E-state index contributed by atoms with van der Waals surface area (Å²) in [5, 5.41) is 15.1. The van der Waals surface area contributed by atoms with Crippen LogP contribution in [0.5, 0.6) is 0 Å². The summed E-state index contributed by atoms with van der Waals surface area (Å²) < 4.78 is 5.14. The van der Waals surface area contributed by atoms with Crippen molar-refractivity contribution in [3.8, 4) is 0 Å². The van der Waals surface area contributed by atoms with E-state index in [1.807, 2.05) is 0 Å². The number of nitrogens with one attached hydrogen (secondary N) is 1. The number of carbonyl (C=O) groups excluding carboxylic acids is 2. The van der Waals surface area contributed by atoms with E-state index in [0.717, 1.165) is 0 Å². The topological polar surface area (TPSA) is 121 Å². The molecule has 0 aromatic carbocycles. The molecule has 0 saturated carbocycles. The van der Waals surface area contributed by atoms with Gasteiger partial charge in [-0.2, -0.15) is 0 Å². The third-order valence-electron chi connectivity index (χ3n) is 3.80. The van der Waals surface area contributed by atoms with E-state index in [0.29, 0.717) is 11.3 Å². The number of thioether (sulfide) groups is 1. The van der Waals surface area contributed by atoms with Crippen molar-refractivity contribution in [2.45, 2.75) is 18.3 Å². The fraction of sp³-hybridized carbons (Fsp3) is 0.333. The summed E-state index contributed by atoms with van der Waals surface area (Å²) in [6.07, 6.45) is 1.38. The highest BCUT2D eigenvalue weighted by Gasteiger charge is 2.54. The van der Waals surface area contributed by atoms with Crippen molar-refractivity contribution in [1.82, 2.24) is 10.2 Å². The number of carboxylic acid groups (broad SMARTS) is 1. The Morgan fingerprint density at radius 2 is 2.28 bits per heavy atom. The van der Waals surface area contributed by atoms with Crippen molar-refractivity contribution in [2.75, 3.05) is 12.9 Å². The molecule has 2 amide bonds. The molecule has 3 heterocycles. The lowest BCUT2D eigenvalue weighted by Crippen LogP contribution is -2.71. The van der Waals surface area contributed by atoms with Gasteiger partial charge in [0.2, 0.25) is 5.71 Å². The van der Waals surface area contributed by atoms with Gasteiger partial charge in [0, 0.05) is 5.75 Å². The number of hydrogen-bond donors (Lipinski definition) is 2. The molecule has 0 aliphatic carbocycles. The zero-order chi connectivity index (χ0) is 18.1. The lowest BCUT2D eigenvalue weighted by molar-refractivity contribution is -0.150. The largest absolute Gasteiger partial charge is 0.477 e. The van der Waals surface area contributed by atoms with Crippen LogP contribution in [-0.4, -0.2) is 57.8 Å². The monoisotopic (exact) mass is 365 g/mol. The molecule has 1 aromatic heterocycles. The maximum absolute atomic E-state index is 12.4. The predicted octanol–water partition coefficient (Wildman–Crippen LogP) is 0.389. The number of oxime groups is 1. The van der Waals surface area contributed by atoms with Gasteiger partial charge in [-0.25, -0.2) is 4.79 Å². The van der Waals surface area contributed by atoms with Gasteiger partial charge >= 0.3 is 5.97 Å².